The van der Waals surface area contributed by atoms with Gasteiger partial charge in [0.05, 0.1) is 17.7 Å². The predicted molar refractivity (Wildman–Crippen MR) is 99.8 cm³/mol. The van der Waals surface area contributed by atoms with Crippen molar-refractivity contribution in [2.24, 2.45) is 0 Å². The van der Waals surface area contributed by atoms with Crippen molar-refractivity contribution in [2.75, 3.05) is 31.1 Å². The molecule has 2 aromatic heterocycles. The van der Waals surface area contributed by atoms with Crippen LogP contribution in [0.1, 0.15) is 22.9 Å². The zero-order valence-corrected chi connectivity index (χ0v) is 15.1. The Bertz CT molecular complexity index is 892. The van der Waals surface area contributed by atoms with Gasteiger partial charge in [-0.15, -0.1) is 0 Å². The van der Waals surface area contributed by atoms with Crippen LogP contribution in [0, 0.1) is 20.8 Å². The van der Waals surface area contributed by atoms with Crippen LogP contribution in [0.5, 0.6) is 0 Å². The zero-order valence-electron chi connectivity index (χ0n) is 15.1. The summed E-state index contributed by atoms with van der Waals surface area (Å²) in [6.07, 6.45) is 0. The van der Waals surface area contributed by atoms with Crippen molar-refractivity contribution < 1.29 is 0 Å². The van der Waals surface area contributed by atoms with E-state index in [4.69, 9.17) is 4.98 Å². The van der Waals surface area contributed by atoms with Crippen molar-refractivity contribution >= 4 is 16.6 Å². The number of H-pyrrole nitrogens is 1. The number of rotatable bonds is 3. The first kappa shape index (κ1) is 16.0. The van der Waals surface area contributed by atoms with Crippen LogP contribution in [0.2, 0.25) is 0 Å². The van der Waals surface area contributed by atoms with Crippen molar-refractivity contribution in [1.29, 1.82) is 0 Å². The van der Waals surface area contributed by atoms with Crippen LogP contribution in [0.3, 0.4) is 0 Å². The number of anilines is 1. The molecule has 6 nitrogen and oxygen atoms in total. The highest BCUT2D eigenvalue weighted by atomic mass is 15.3. The molecule has 1 aliphatic heterocycles. The van der Waals surface area contributed by atoms with E-state index in [2.05, 4.69) is 63.1 Å². The molecule has 1 aromatic carbocycles. The van der Waals surface area contributed by atoms with Gasteiger partial charge >= 0.3 is 0 Å². The van der Waals surface area contributed by atoms with Crippen LogP contribution in [0.4, 0.5) is 5.69 Å². The molecule has 1 saturated heterocycles. The maximum atomic E-state index is 4.75. The lowest BCUT2D eigenvalue weighted by Gasteiger charge is -2.37. The first-order valence-corrected chi connectivity index (χ1v) is 8.83. The molecule has 0 radical (unpaired) electrons. The largest absolute Gasteiger partial charge is 0.368 e. The van der Waals surface area contributed by atoms with Crippen LogP contribution in [0.15, 0.2) is 24.3 Å². The average Bonchev–Trinajstić information content (AvgIpc) is 3.02. The summed E-state index contributed by atoms with van der Waals surface area (Å²) in [5.74, 6) is 1.76. The number of aromatic nitrogens is 4. The Kier molecular flexibility index (Phi) is 4.13. The molecule has 0 saturated carbocycles. The minimum absolute atomic E-state index is 0.813. The molecular weight excluding hydrogens is 312 g/mol. The summed E-state index contributed by atoms with van der Waals surface area (Å²) in [7, 11) is 0. The average molecular weight is 336 g/mol. The zero-order chi connectivity index (χ0) is 17.4. The maximum Gasteiger partial charge on any atom is 0.164 e. The number of para-hydroxylation sites is 1. The number of aromatic amines is 1. The SMILES string of the molecule is Cc1nc(CN2CCN(c3c(C)c(C)nc4ccccc34)CC2)n[nH]1. The highest BCUT2D eigenvalue weighted by molar-refractivity contribution is 5.93. The Morgan fingerprint density at radius 3 is 2.48 bits per heavy atom. The smallest absolute Gasteiger partial charge is 0.164 e. The molecule has 3 aromatic rings. The predicted octanol–water partition coefficient (Wildman–Crippen LogP) is 2.60. The Morgan fingerprint density at radius 1 is 1.00 bits per heavy atom. The number of pyridine rings is 1. The van der Waals surface area contributed by atoms with Crippen molar-refractivity contribution in [3.63, 3.8) is 0 Å². The Labute approximate surface area is 147 Å². The number of benzene rings is 1. The normalized spacial score (nSPS) is 15.9. The lowest BCUT2D eigenvalue weighted by atomic mass is 10.1. The molecule has 1 aliphatic rings. The molecule has 1 N–H and O–H groups in total. The van der Waals surface area contributed by atoms with E-state index in [0.29, 0.717) is 0 Å². The van der Waals surface area contributed by atoms with E-state index in [-0.39, 0.29) is 0 Å². The quantitative estimate of drug-likeness (QED) is 0.797. The highest BCUT2D eigenvalue weighted by Crippen LogP contribution is 2.31. The first-order valence-electron chi connectivity index (χ1n) is 8.83. The van der Waals surface area contributed by atoms with Gasteiger partial charge in [-0.25, -0.2) is 4.98 Å². The summed E-state index contributed by atoms with van der Waals surface area (Å²) in [4.78, 5) is 14.1. The Morgan fingerprint density at radius 2 is 1.76 bits per heavy atom. The summed E-state index contributed by atoms with van der Waals surface area (Å²) in [6, 6.07) is 8.45. The number of nitrogens with zero attached hydrogens (tertiary/aromatic N) is 5. The minimum atomic E-state index is 0.813. The standard InChI is InChI=1S/C19H24N6/c1-13-14(2)20-17-7-5-4-6-16(17)19(13)25-10-8-24(9-11-25)12-18-21-15(3)22-23-18/h4-7H,8-12H2,1-3H3,(H,21,22,23). The summed E-state index contributed by atoms with van der Waals surface area (Å²) in [5, 5.41) is 8.43. The van der Waals surface area contributed by atoms with E-state index in [1.807, 2.05) is 6.92 Å². The molecule has 0 unspecified atom stereocenters. The summed E-state index contributed by atoms with van der Waals surface area (Å²) >= 11 is 0. The van der Waals surface area contributed by atoms with E-state index >= 15 is 0 Å². The molecule has 130 valence electrons. The van der Waals surface area contributed by atoms with Gasteiger partial charge in [-0.05, 0) is 32.4 Å². The maximum absolute atomic E-state index is 4.75. The van der Waals surface area contributed by atoms with Crippen LogP contribution < -0.4 is 4.90 Å². The van der Waals surface area contributed by atoms with Crippen molar-refractivity contribution in [1.82, 2.24) is 25.1 Å². The van der Waals surface area contributed by atoms with Gasteiger partial charge in [0, 0.05) is 37.3 Å². The van der Waals surface area contributed by atoms with Gasteiger partial charge in [0.15, 0.2) is 5.82 Å². The number of hydrogen-bond donors (Lipinski definition) is 1. The van der Waals surface area contributed by atoms with Crippen LogP contribution >= 0.6 is 0 Å². The van der Waals surface area contributed by atoms with Gasteiger partial charge in [0.1, 0.15) is 5.82 Å². The van der Waals surface area contributed by atoms with Crippen molar-refractivity contribution in [3.05, 3.63) is 47.2 Å². The van der Waals surface area contributed by atoms with E-state index in [1.54, 1.807) is 0 Å². The molecule has 0 aliphatic carbocycles. The third-order valence-corrected chi connectivity index (χ3v) is 5.04. The Balaban J connectivity index is 1.54. The minimum Gasteiger partial charge on any atom is -0.368 e. The van der Waals surface area contributed by atoms with Crippen LogP contribution in [0.25, 0.3) is 10.9 Å². The number of hydrogen-bond acceptors (Lipinski definition) is 5. The molecule has 0 amide bonds. The van der Waals surface area contributed by atoms with E-state index in [1.165, 1.54) is 16.6 Å². The van der Waals surface area contributed by atoms with Gasteiger partial charge in [-0.2, -0.15) is 5.10 Å². The second kappa shape index (κ2) is 6.44. The monoisotopic (exact) mass is 336 g/mol. The van der Waals surface area contributed by atoms with Crippen molar-refractivity contribution in [3.8, 4) is 0 Å². The fraction of sp³-hybridized carbons (Fsp3) is 0.421. The first-order chi connectivity index (χ1) is 12.1. The fourth-order valence-corrected chi connectivity index (χ4v) is 3.61. The van der Waals surface area contributed by atoms with Gasteiger partial charge in [0.25, 0.3) is 0 Å². The molecule has 3 heterocycles. The second-order valence-electron chi connectivity index (χ2n) is 6.79. The summed E-state index contributed by atoms with van der Waals surface area (Å²) in [6.45, 7) is 11.1. The molecule has 25 heavy (non-hydrogen) atoms. The van der Waals surface area contributed by atoms with Gasteiger partial charge in [0.2, 0.25) is 0 Å². The highest BCUT2D eigenvalue weighted by Gasteiger charge is 2.22. The molecule has 6 heteroatoms. The van der Waals surface area contributed by atoms with Crippen LogP contribution in [-0.4, -0.2) is 51.2 Å². The van der Waals surface area contributed by atoms with Crippen LogP contribution in [-0.2, 0) is 6.54 Å². The fourth-order valence-electron chi connectivity index (χ4n) is 3.61. The molecular formula is C19H24N6. The number of piperazine rings is 1. The van der Waals surface area contributed by atoms with E-state index in [9.17, 15) is 0 Å². The van der Waals surface area contributed by atoms with Crippen molar-refractivity contribution in [2.45, 2.75) is 27.3 Å². The third kappa shape index (κ3) is 3.09. The summed E-state index contributed by atoms with van der Waals surface area (Å²) in [5.41, 5.74) is 4.83. The molecule has 0 spiro atoms. The molecule has 0 atom stereocenters. The third-order valence-electron chi connectivity index (χ3n) is 5.04. The number of fused-ring (bicyclic) bond motifs is 1. The molecule has 4 rings (SSSR count). The number of nitrogens with one attached hydrogen (secondary N) is 1. The summed E-state index contributed by atoms with van der Waals surface area (Å²) < 4.78 is 0. The molecule has 1 fully saturated rings. The van der Waals surface area contributed by atoms with E-state index in [0.717, 1.165) is 55.6 Å². The lowest BCUT2D eigenvalue weighted by molar-refractivity contribution is 0.244. The second-order valence-corrected chi connectivity index (χ2v) is 6.79. The van der Waals surface area contributed by atoms with Gasteiger partial charge in [-0.1, -0.05) is 18.2 Å². The Hall–Kier alpha value is -2.47. The van der Waals surface area contributed by atoms with E-state index < -0.39 is 0 Å². The molecule has 0 bridgehead atoms. The number of aryl methyl sites for hydroxylation is 2. The van der Waals surface area contributed by atoms with Gasteiger partial charge < -0.3 is 4.90 Å². The lowest BCUT2D eigenvalue weighted by Crippen LogP contribution is -2.46. The van der Waals surface area contributed by atoms with Gasteiger partial charge in [-0.3, -0.25) is 15.0 Å². The topological polar surface area (TPSA) is 60.9 Å².